The van der Waals surface area contributed by atoms with Crippen LogP contribution in [0.1, 0.15) is 41.1 Å². The van der Waals surface area contributed by atoms with Crippen molar-refractivity contribution in [3.8, 4) is 5.75 Å². The van der Waals surface area contributed by atoms with Gasteiger partial charge >= 0.3 is 0 Å². The molecule has 0 saturated carbocycles. The lowest BCUT2D eigenvalue weighted by molar-refractivity contribution is -0.135. The Hall–Kier alpha value is -3.02. The monoisotopic (exact) mass is 419 g/mol. The summed E-state index contributed by atoms with van der Waals surface area (Å²) in [6.45, 7) is 3.65. The summed E-state index contributed by atoms with van der Waals surface area (Å²) in [5.74, 6) is 0.855. The summed E-state index contributed by atoms with van der Waals surface area (Å²) in [4.78, 5) is 33.1. The van der Waals surface area contributed by atoms with E-state index in [1.165, 1.54) is 0 Å². The topological polar surface area (TPSA) is 53.1 Å². The first-order valence-electron chi connectivity index (χ1n) is 11.3. The molecule has 5 rings (SSSR count). The van der Waals surface area contributed by atoms with Crippen molar-refractivity contribution in [2.24, 2.45) is 0 Å². The van der Waals surface area contributed by atoms with Crippen LogP contribution in [-0.4, -0.2) is 67.5 Å². The van der Waals surface area contributed by atoms with Crippen molar-refractivity contribution in [3.63, 3.8) is 0 Å². The van der Waals surface area contributed by atoms with Gasteiger partial charge in [-0.25, -0.2) is 0 Å². The maximum Gasteiger partial charge on any atom is 0.254 e. The molecule has 162 valence electrons. The molecular formula is C25H29N3O3. The molecule has 0 bridgehead atoms. The van der Waals surface area contributed by atoms with E-state index >= 15 is 0 Å². The third-order valence-electron chi connectivity index (χ3n) is 7.00. The third kappa shape index (κ3) is 3.44. The smallest absolute Gasteiger partial charge is 0.254 e. The van der Waals surface area contributed by atoms with E-state index in [2.05, 4.69) is 11.0 Å². The van der Waals surface area contributed by atoms with Crippen molar-refractivity contribution in [2.75, 3.05) is 44.7 Å². The Labute approximate surface area is 183 Å². The van der Waals surface area contributed by atoms with Crippen molar-refractivity contribution in [2.45, 2.75) is 31.2 Å². The molecule has 0 spiro atoms. The van der Waals surface area contributed by atoms with Crippen LogP contribution in [0.25, 0.3) is 0 Å². The molecule has 3 aliphatic heterocycles. The normalized spacial score (nSPS) is 23.3. The summed E-state index contributed by atoms with van der Waals surface area (Å²) in [5, 5.41) is 0. The minimum Gasteiger partial charge on any atom is -0.495 e. The number of hydrogen-bond donors (Lipinski definition) is 0. The summed E-state index contributed by atoms with van der Waals surface area (Å²) >= 11 is 0. The molecule has 2 aromatic rings. The lowest BCUT2D eigenvalue weighted by Gasteiger charge is -2.46. The molecular weight excluding hydrogens is 390 g/mol. The first-order chi connectivity index (χ1) is 15.2. The second-order valence-electron chi connectivity index (χ2n) is 8.61. The number of piperazine rings is 1. The molecule has 6 heteroatoms. The number of fused-ring (bicyclic) bond motifs is 2. The van der Waals surface area contributed by atoms with E-state index in [9.17, 15) is 9.59 Å². The SMILES string of the molecule is COc1ccccc1N1CCN(C(=O)C2c3ccccc3C(=O)N3CCCCC23)CC1. The van der Waals surface area contributed by atoms with Crippen molar-refractivity contribution < 1.29 is 14.3 Å². The minimum absolute atomic E-state index is 0.0177. The van der Waals surface area contributed by atoms with Gasteiger partial charge in [-0.2, -0.15) is 0 Å². The zero-order valence-corrected chi connectivity index (χ0v) is 18.0. The second-order valence-corrected chi connectivity index (χ2v) is 8.61. The van der Waals surface area contributed by atoms with Crippen molar-refractivity contribution in [3.05, 3.63) is 59.7 Å². The first kappa shape index (κ1) is 19.9. The fourth-order valence-electron chi connectivity index (χ4n) is 5.43. The Kier molecular flexibility index (Phi) is 5.30. The van der Waals surface area contributed by atoms with Gasteiger partial charge in [0.2, 0.25) is 5.91 Å². The number of ether oxygens (including phenoxy) is 1. The van der Waals surface area contributed by atoms with E-state index in [4.69, 9.17) is 4.74 Å². The van der Waals surface area contributed by atoms with E-state index in [0.717, 1.165) is 55.9 Å². The molecule has 0 N–H and O–H groups in total. The highest BCUT2D eigenvalue weighted by Gasteiger charge is 2.45. The van der Waals surface area contributed by atoms with Gasteiger partial charge in [-0.15, -0.1) is 0 Å². The zero-order valence-electron chi connectivity index (χ0n) is 18.0. The van der Waals surface area contributed by atoms with Crippen LogP contribution < -0.4 is 9.64 Å². The summed E-state index contributed by atoms with van der Waals surface area (Å²) in [6.07, 6.45) is 2.99. The van der Waals surface area contributed by atoms with Crippen LogP contribution in [0.5, 0.6) is 5.75 Å². The fraction of sp³-hybridized carbons (Fsp3) is 0.440. The molecule has 0 aliphatic carbocycles. The van der Waals surface area contributed by atoms with E-state index in [0.29, 0.717) is 18.7 Å². The highest BCUT2D eigenvalue weighted by Crippen LogP contribution is 2.39. The number of benzene rings is 2. The van der Waals surface area contributed by atoms with Crippen molar-refractivity contribution in [1.29, 1.82) is 0 Å². The van der Waals surface area contributed by atoms with Gasteiger partial charge in [0.1, 0.15) is 5.75 Å². The van der Waals surface area contributed by atoms with Gasteiger partial charge < -0.3 is 19.4 Å². The van der Waals surface area contributed by atoms with Crippen LogP contribution in [0.15, 0.2) is 48.5 Å². The number of rotatable bonds is 3. The van der Waals surface area contributed by atoms with Crippen molar-refractivity contribution in [1.82, 2.24) is 9.80 Å². The maximum atomic E-state index is 13.8. The van der Waals surface area contributed by atoms with Crippen LogP contribution in [0.2, 0.25) is 0 Å². The van der Waals surface area contributed by atoms with Crippen LogP contribution >= 0.6 is 0 Å². The molecule has 2 saturated heterocycles. The molecule has 0 aromatic heterocycles. The van der Waals surface area contributed by atoms with E-state index in [-0.39, 0.29) is 23.8 Å². The van der Waals surface area contributed by atoms with Crippen molar-refractivity contribution >= 4 is 17.5 Å². The average Bonchev–Trinajstić information content (AvgIpc) is 2.84. The largest absolute Gasteiger partial charge is 0.495 e. The number of carbonyl (C=O) groups excluding carboxylic acids is 2. The Bertz CT molecular complexity index is 983. The number of carbonyl (C=O) groups is 2. The Morgan fingerprint density at radius 1 is 0.935 bits per heavy atom. The molecule has 3 heterocycles. The van der Waals surface area contributed by atoms with Crippen LogP contribution in [0, 0.1) is 0 Å². The standard InChI is InChI=1S/C25H29N3O3/c1-31-22-12-5-4-10-20(22)26-14-16-27(17-15-26)25(30)23-18-8-2-3-9-19(18)24(29)28-13-7-6-11-21(23)28/h2-5,8-10,12,21,23H,6-7,11,13-17H2,1H3. The molecule has 2 aromatic carbocycles. The van der Waals surface area contributed by atoms with E-state index in [1.54, 1.807) is 7.11 Å². The van der Waals surface area contributed by atoms with Crippen LogP contribution in [0.4, 0.5) is 5.69 Å². The molecule has 31 heavy (non-hydrogen) atoms. The summed E-state index contributed by atoms with van der Waals surface area (Å²) in [7, 11) is 1.69. The predicted molar refractivity (Wildman–Crippen MR) is 120 cm³/mol. The number of para-hydroxylation sites is 2. The molecule has 2 fully saturated rings. The molecule has 2 atom stereocenters. The van der Waals surface area contributed by atoms with Crippen LogP contribution in [-0.2, 0) is 4.79 Å². The Balaban J connectivity index is 1.37. The number of piperidine rings is 1. The lowest BCUT2D eigenvalue weighted by Crippen LogP contribution is -2.57. The molecule has 0 radical (unpaired) electrons. The van der Waals surface area contributed by atoms with Gasteiger partial charge in [0, 0.05) is 44.3 Å². The van der Waals surface area contributed by atoms with E-state index in [1.807, 2.05) is 52.3 Å². The number of methoxy groups -OCH3 is 1. The second kappa shape index (κ2) is 8.25. The zero-order chi connectivity index (χ0) is 21.4. The highest BCUT2D eigenvalue weighted by molar-refractivity contribution is 6.01. The maximum absolute atomic E-state index is 13.8. The van der Waals surface area contributed by atoms with Gasteiger partial charge in [0.25, 0.3) is 5.91 Å². The van der Waals surface area contributed by atoms with Gasteiger partial charge in [-0.1, -0.05) is 30.3 Å². The molecule has 3 aliphatic rings. The summed E-state index contributed by atoms with van der Waals surface area (Å²) in [5.41, 5.74) is 2.68. The summed E-state index contributed by atoms with van der Waals surface area (Å²) in [6, 6.07) is 15.7. The molecule has 6 nitrogen and oxygen atoms in total. The number of hydrogen-bond acceptors (Lipinski definition) is 4. The molecule has 2 unspecified atom stereocenters. The Morgan fingerprint density at radius 3 is 2.48 bits per heavy atom. The van der Waals surface area contributed by atoms with Gasteiger partial charge in [0.05, 0.1) is 18.7 Å². The third-order valence-corrected chi connectivity index (χ3v) is 7.00. The minimum atomic E-state index is -0.257. The fourth-order valence-corrected chi connectivity index (χ4v) is 5.43. The molecule has 2 amide bonds. The van der Waals surface area contributed by atoms with Crippen LogP contribution in [0.3, 0.4) is 0 Å². The number of anilines is 1. The van der Waals surface area contributed by atoms with E-state index < -0.39 is 0 Å². The average molecular weight is 420 g/mol. The first-order valence-corrected chi connectivity index (χ1v) is 11.3. The quantitative estimate of drug-likeness (QED) is 0.767. The highest BCUT2D eigenvalue weighted by atomic mass is 16.5. The number of amides is 2. The predicted octanol–water partition coefficient (Wildman–Crippen LogP) is 3.14. The Morgan fingerprint density at radius 2 is 1.68 bits per heavy atom. The van der Waals surface area contributed by atoms with Gasteiger partial charge in [-0.3, -0.25) is 9.59 Å². The van der Waals surface area contributed by atoms with Gasteiger partial charge in [0.15, 0.2) is 0 Å². The lowest BCUT2D eigenvalue weighted by atomic mass is 9.78. The number of nitrogens with zero attached hydrogens (tertiary/aromatic N) is 3. The summed E-state index contributed by atoms with van der Waals surface area (Å²) < 4.78 is 5.52. The van der Waals surface area contributed by atoms with Gasteiger partial charge in [-0.05, 0) is 43.0 Å².